The molecule has 0 spiro atoms. The lowest BCUT2D eigenvalue weighted by Crippen LogP contribution is -2.34. The molecule has 2 aromatic rings. The largest absolute Gasteiger partial charge is 0.756 e. The van der Waals surface area contributed by atoms with Gasteiger partial charge in [0, 0.05) is 6.54 Å². The first-order valence-corrected chi connectivity index (χ1v) is 16.0. The monoisotopic (exact) mass is 633 g/mol. The molecule has 0 aliphatic carbocycles. The van der Waals surface area contributed by atoms with Gasteiger partial charge in [0.25, 0.3) is 23.5 Å². The summed E-state index contributed by atoms with van der Waals surface area (Å²) in [6.45, 7) is 0.529. The zero-order valence-electron chi connectivity index (χ0n) is 20.5. The van der Waals surface area contributed by atoms with Crippen LogP contribution in [0.4, 0.5) is 5.82 Å². The summed E-state index contributed by atoms with van der Waals surface area (Å²) in [7, 11) is -15.9. The van der Waals surface area contributed by atoms with E-state index in [4.69, 9.17) is 9.63 Å². The average Bonchev–Trinajstić information content (AvgIpc) is 3.36. The molecule has 4 unspecified atom stereocenters. The Morgan fingerprint density at radius 1 is 1.00 bits per heavy atom. The topological polar surface area (TPSA) is 286 Å². The minimum atomic E-state index is -6.09. The lowest BCUT2D eigenvalue weighted by atomic mass is 10.1. The van der Waals surface area contributed by atoms with Gasteiger partial charge in [-0.3, -0.25) is 18.3 Å². The van der Waals surface area contributed by atoms with Gasteiger partial charge in [-0.25, -0.2) is 23.6 Å². The Balaban J connectivity index is 0.00000560. The van der Waals surface area contributed by atoms with Crippen molar-refractivity contribution in [1.29, 1.82) is 0 Å². The molecular formula is C18H32N6O13P3-3. The number of hydrogen-bond acceptors (Lipinski definition) is 17. The highest BCUT2D eigenvalue weighted by molar-refractivity contribution is 7.65. The van der Waals surface area contributed by atoms with Gasteiger partial charge in [-0.2, -0.15) is 0 Å². The molecular weight excluding hydrogens is 601 g/mol. The lowest BCUT2D eigenvalue weighted by Gasteiger charge is -2.33. The van der Waals surface area contributed by atoms with Crippen LogP contribution in [0.25, 0.3) is 11.2 Å². The van der Waals surface area contributed by atoms with Crippen LogP contribution in [0.2, 0.25) is 0 Å². The second kappa shape index (κ2) is 14.7. The van der Waals surface area contributed by atoms with E-state index in [1.54, 1.807) is 0 Å². The molecule has 3 heterocycles. The number of aliphatic hydroxyl groups is 2. The molecule has 1 fully saturated rings. The molecule has 1 aliphatic heterocycles. The first kappa shape index (κ1) is 34.8. The fourth-order valence-electron chi connectivity index (χ4n) is 3.70. The van der Waals surface area contributed by atoms with E-state index in [-0.39, 0.29) is 13.1 Å². The molecule has 19 nitrogen and oxygen atoms in total. The van der Waals surface area contributed by atoms with Crippen molar-refractivity contribution >= 4 is 40.4 Å². The number of imidazole rings is 1. The second-order valence-electron chi connectivity index (χ2n) is 8.36. The highest BCUT2D eigenvalue weighted by atomic mass is 31.3. The van der Waals surface area contributed by atoms with Crippen LogP contribution in [-0.4, -0.2) is 79.7 Å². The van der Waals surface area contributed by atoms with Gasteiger partial charge < -0.3 is 49.7 Å². The number of nitrogens with one attached hydrogen (secondary N) is 2. The smallest absolute Gasteiger partial charge is 0.280 e. The molecule has 0 radical (unpaired) electrons. The van der Waals surface area contributed by atoms with E-state index in [0.717, 1.165) is 32.2 Å². The number of phosphoric ester groups is 1. The van der Waals surface area contributed by atoms with Crippen LogP contribution in [-0.2, 0) is 31.6 Å². The van der Waals surface area contributed by atoms with Gasteiger partial charge in [0.2, 0.25) is 0 Å². The number of fused-ring (bicyclic) bond motifs is 1. The Kier molecular flexibility index (Phi) is 12.8. The number of ether oxygens (including phenoxy) is 1. The summed E-state index contributed by atoms with van der Waals surface area (Å²) < 4.78 is 51.5. The van der Waals surface area contributed by atoms with Crippen molar-refractivity contribution < 1.29 is 61.4 Å². The van der Waals surface area contributed by atoms with Gasteiger partial charge in [0.15, 0.2) is 23.2 Å². The summed E-state index contributed by atoms with van der Waals surface area (Å²) in [5.41, 5.74) is 0.577. The van der Waals surface area contributed by atoms with E-state index in [0.29, 0.717) is 17.9 Å². The van der Waals surface area contributed by atoms with E-state index in [9.17, 15) is 38.6 Å². The number of unbranched alkanes of at least 4 members (excludes halogenated alkanes) is 3. The first-order chi connectivity index (χ1) is 18.2. The molecule has 0 aromatic carbocycles. The van der Waals surface area contributed by atoms with Crippen molar-refractivity contribution in [2.45, 2.75) is 57.6 Å². The number of anilines is 1. The maximum absolute atomic E-state index is 11.8. The minimum absolute atomic E-state index is 0. The third-order valence-corrected chi connectivity index (χ3v) is 9.11. The molecule has 230 valence electrons. The van der Waals surface area contributed by atoms with E-state index >= 15 is 0 Å². The summed E-state index contributed by atoms with van der Waals surface area (Å²) in [6.07, 6.45) is 0.413. The van der Waals surface area contributed by atoms with Crippen molar-refractivity contribution in [3.63, 3.8) is 0 Å². The van der Waals surface area contributed by atoms with E-state index in [2.05, 4.69) is 38.7 Å². The Labute approximate surface area is 229 Å². The van der Waals surface area contributed by atoms with Crippen molar-refractivity contribution in [2.75, 3.05) is 32.1 Å². The third kappa shape index (κ3) is 9.86. The SMILES string of the molecule is C.CNCCCCCCNc1ncnc2c1ncn2[C@@H]1O[C@H](COP(=O)([O-])OP(=O)([O-])OP(=O)([O-])O)C(O)[C@@H]1O. The Bertz CT molecular complexity index is 1250. The Morgan fingerprint density at radius 3 is 2.33 bits per heavy atom. The van der Waals surface area contributed by atoms with Crippen molar-refractivity contribution in [3.05, 3.63) is 12.7 Å². The van der Waals surface area contributed by atoms with Crippen molar-refractivity contribution in [3.8, 4) is 0 Å². The molecule has 0 saturated carbocycles. The number of nitrogens with zero attached hydrogens (tertiary/aromatic N) is 4. The fraction of sp³-hybridized carbons (Fsp3) is 0.722. The van der Waals surface area contributed by atoms with Crippen LogP contribution in [0.1, 0.15) is 39.3 Å². The highest BCUT2D eigenvalue weighted by Crippen LogP contribution is 2.61. The zero-order chi connectivity index (χ0) is 28.8. The number of phosphoric acid groups is 3. The van der Waals surface area contributed by atoms with Crippen molar-refractivity contribution in [1.82, 2.24) is 24.8 Å². The van der Waals surface area contributed by atoms with Crippen molar-refractivity contribution in [2.24, 2.45) is 0 Å². The maximum Gasteiger partial charge on any atom is 0.280 e. The van der Waals surface area contributed by atoms with E-state index < -0.39 is 54.6 Å². The first-order valence-electron chi connectivity index (χ1n) is 11.5. The molecule has 0 bridgehead atoms. The molecule has 3 rings (SSSR count). The summed E-state index contributed by atoms with van der Waals surface area (Å²) >= 11 is 0. The predicted molar refractivity (Wildman–Crippen MR) is 132 cm³/mol. The molecule has 7 atom stereocenters. The highest BCUT2D eigenvalue weighted by Gasteiger charge is 2.45. The predicted octanol–water partition coefficient (Wildman–Crippen LogP) is -1.28. The number of aliphatic hydroxyl groups excluding tert-OH is 2. The second-order valence-corrected chi connectivity index (χ2v) is 12.6. The van der Waals surface area contributed by atoms with Crippen LogP contribution < -0.4 is 25.3 Å². The van der Waals surface area contributed by atoms with Gasteiger partial charge in [0.1, 0.15) is 24.6 Å². The van der Waals surface area contributed by atoms with Crippen LogP contribution in [0, 0.1) is 0 Å². The fourth-order valence-corrected chi connectivity index (χ4v) is 6.60. The van der Waals surface area contributed by atoms with Crippen LogP contribution in [0.15, 0.2) is 12.7 Å². The normalized spacial score (nSPS) is 25.6. The third-order valence-electron chi connectivity index (χ3n) is 5.42. The molecule has 40 heavy (non-hydrogen) atoms. The Hall–Kier alpha value is -1.40. The number of rotatable bonds is 16. The maximum atomic E-state index is 11.8. The summed E-state index contributed by atoms with van der Waals surface area (Å²) in [5.74, 6) is 0.432. The summed E-state index contributed by atoms with van der Waals surface area (Å²) in [5, 5.41) is 27.1. The van der Waals surface area contributed by atoms with Gasteiger partial charge in [-0.05, 0) is 26.4 Å². The zero-order valence-corrected chi connectivity index (χ0v) is 23.2. The summed E-state index contributed by atoms with van der Waals surface area (Å²) in [4.78, 5) is 54.6. The standard InChI is InChI=1S/C17H31N6O13P3.CH4/c1-18-6-4-2-3-5-7-19-15-12-16(21-9-20-15)23(10-22-12)17-14(25)13(24)11(34-17)8-33-38(29,30)36-39(31,32)35-37(26,27)28;/h9-11,13-14,17-18,24-25H,2-8H2,1H3,(H,29,30)(H,31,32)(H,19,20,21)(H2,26,27,28);1H4/p-3/t11-,13?,14+,17-;/m1./s1. The van der Waals surface area contributed by atoms with E-state index in [1.807, 2.05) is 7.05 Å². The van der Waals surface area contributed by atoms with Crippen LogP contribution in [0.5, 0.6) is 0 Å². The number of aromatic nitrogens is 4. The molecule has 22 heteroatoms. The molecule has 1 saturated heterocycles. The molecule has 0 amide bonds. The quantitative estimate of drug-likeness (QED) is 0.106. The minimum Gasteiger partial charge on any atom is -0.756 e. The molecule has 1 aliphatic rings. The average molecular weight is 633 g/mol. The van der Waals surface area contributed by atoms with Gasteiger partial charge >= 0.3 is 0 Å². The van der Waals surface area contributed by atoms with E-state index in [1.165, 1.54) is 17.2 Å². The summed E-state index contributed by atoms with van der Waals surface area (Å²) in [6, 6.07) is 0. The van der Waals surface area contributed by atoms with Gasteiger partial charge in [-0.1, -0.05) is 20.3 Å². The van der Waals surface area contributed by atoms with Crippen LogP contribution >= 0.6 is 23.5 Å². The van der Waals surface area contributed by atoms with Crippen LogP contribution in [0.3, 0.4) is 0 Å². The lowest BCUT2D eigenvalue weighted by molar-refractivity contribution is -0.250. The van der Waals surface area contributed by atoms with Gasteiger partial charge in [0.05, 0.1) is 12.9 Å². The molecule has 2 aromatic heterocycles. The van der Waals surface area contributed by atoms with Gasteiger partial charge in [-0.15, -0.1) is 0 Å². The Morgan fingerprint density at radius 2 is 1.68 bits per heavy atom. The molecule has 5 N–H and O–H groups in total. The number of hydrogen-bond donors (Lipinski definition) is 5.